The lowest BCUT2D eigenvalue weighted by Gasteiger charge is -2.16. The predicted octanol–water partition coefficient (Wildman–Crippen LogP) is 3.14. The summed E-state index contributed by atoms with van der Waals surface area (Å²) in [6, 6.07) is 8.44. The highest BCUT2D eigenvalue weighted by molar-refractivity contribution is 5.75. The molecule has 3 aromatic rings. The molecule has 1 aliphatic rings. The first-order chi connectivity index (χ1) is 10.3. The van der Waals surface area contributed by atoms with Gasteiger partial charge >= 0.3 is 0 Å². The number of halogens is 1. The van der Waals surface area contributed by atoms with Crippen molar-refractivity contribution in [1.82, 2.24) is 14.6 Å². The van der Waals surface area contributed by atoms with Gasteiger partial charge in [0.2, 0.25) is 0 Å². The number of anilines is 1. The van der Waals surface area contributed by atoms with Crippen LogP contribution in [0.5, 0.6) is 0 Å². The highest BCUT2D eigenvalue weighted by atomic mass is 19.1. The third-order valence-corrected chi connectivity index (χ3v) is 3.92. The molecular weight excluding hydrogens is 267 g/mol. The van der Waals surface area contributed by atoms with Crippen LogP contribution in [-0.4, -0.2) is 27.7 Å². The molecule has 0 radical (unpaired) electrons. The van der Waals surface area contributed by atoms with Crippen LogP contribution in [0.15, 0.2) is 42.7 Å². The van der Waals surface area contributed by atoms with Crippen LogP contribution in [0.2, 0.25) is 0 Å². The number of aromatic nitrogens is 3. The quantitative estimate of drug-likeness (QED) is 0.724. The minimum Gasteiger partial charge on any atom is -0.355 e. The van der Waals surface area contributed by atoms with E-state index in [0.717, 1.165) is 35.7 Å². The first-order valence-corrected chi connectivity index (χ1v) is 7.16. The summed E-state index contributed by atoms with van der Waals surface area (Å²) < 4.78 is 14.9. The van der Waals surface area contributed by atoms with Gasteiger partial charge in [0.05, 0.1) is 5.69 Å². The van der Waals surface area contributed by atoms with E-state index in [0.29, 0.717) is 0 Å². The van der Waals surface area contributed by atoms with E-state index < -0.39 is 0 Å². The molecule has 0 aliphatic carbocycles. The van der Waals surface area contributed by atoms with Crippen LogP contribution in [0.25, 0.3) is 16.8 Å². The van der Waals surface area contributed by atoms with Gasteiger partial charge in [-0.05, 0) is 43.2 Å². The van der Waals surface area contributed by atoms with Crippen molar-refractivity contribution in [3.8, 4) is 11.3 Å². The summed E-state index contributed by atoms with van der Waals surface area (Å²) in [7, 11) is 0. The lowest BCUT2D eigenvalue weighted by molar-refractivity contribution is 0.628. The number of rotatable bonds is 2. The van der Waals surface area contributed by atoms with Crippen molar-refractivity contribution in [3.05, 3.63) is 48.5 Å². The third kappa shape index (κ3) is 2.14. The monoisotopic (exact) mass is 282 g/mol. The van der Waals surface area contributed by atoms with Crippen molar-refractivity contribution >= 4 is 11.3 Å². The number of fused-ring (bicyclic) bond motifs is 1. The van der Waals surface area contributed by atoms with E-state index in [1.54, 1.807) is 18.3 Å². The van der Waals surface area contributed by atoms with Gasteiger partial charge in [-0.2, -0.15) is 5.10 Å². The van der Waals surface area contributed by atoms with Crippen molar-refractivity contribution in [1.29, 1.82) is 0 Å². The van der Waals surface area contributed by atoms with E-state index in [1.807, 2.05) is 16.8 Å². The number of benzene rings is 1. The second kappa shape index (κ2) is 4.84. The molecule has 0 atom stereocenters. The molecule has 1 aromatic carbocycles. The summed E-state index contributed by atoms with van der Waals surface area (Å²) in [4.78, 5) is 6.81. The Bertz CT molecular complexity index is 773. The number of hydrogen-bond acceptors (Lipinski definition) is 3. The Kier molecular flexibility index (Phi) is 2.84. The van der Waals surface area contributed by atoms with E-state index in [9.17, 15) is 4.39 Å². The largest absolute Gasteiger partial charge is 0.355 e. The first-order valence-electron chi connectivity index (χ1n) is 7.16. The Morgan fingerprint density at radius 2 is 1.81 bits per heavy atom. The maximum absolute atomic E-state index is 13.0. The van der Waals surface area contributed by atoms with Crippen molar-refractivity contribution < 1.29 is 4.39 Å². The number of hydrogen-bond donors (Lipinski definition) is 0. The fourth-order valence-corrected chi connectivity index (χ4v) is 2.84. The smallest absolute Gasteiger partial charge is 0.154 e. The van der Waals surface area contributed by atoms with Gasteiger partial charge in [0.25, 0.3) is 0 Å². The fraction of sp³-hybridized carbons (Fsp3) is 0.250. The van der Waals surface area contributed by atoms with Gasteiger partial charge in [-0.15, -0.1) is 0 Å². The SMILES string of the molecule is Fc1ccc(-c2cc3c(N4CCCC4)nccn3n2)cc1. The summed E-state index contributed by atoms with van der Waals surface area (Å²) >= 11 is 0. The van der Waals surface area contributed by atoms with Crippen molar-refractivity contribution in [3.63, 3.8) is 0 Å². The zero-order chi connectivity index (χ0) is 14.2. The molecule has 106 valence electrons. The van der Waals surface area contributed by atoms with Crippen LogP contribution >= 0.6 is 0 Å². The van der Waals surface area contributed by atoms with Gasteiger partial charge in [0.15, 0.2) is 5.82 Å². The Morgan fingerprint density at radius 3 is 2.57 bits per heavy atom. The van der Waals surface area contributed by atoms with Crippen LogP contribution in [0.3, 0.4) is 0 Å². The van der Waals surface area contributed by atoms with Gasteiger partial charge in [-0.1, -0.05) is 0 Å². The molecule has 0 saturated carbocycles. The van der Waals surface area contributed by atoms with Crippen LogP contribution < -0.4 is 4.90 Å². The van der Waals surface area contributed by atoms with E-state index in [4.69, 9.17) is 0 Å². The van der Waals surface area contributed by atoms with E-state index in [2.05, 4.69) is 15.0 Å². The molecule has 2 aromatic heterocycles. The molecule has 0 N–H and O–H groups in total. The minimum absolute atomic E-state index is 0.234. The first kappa shape index (κ1) is 12.3. The lowest BCUT2D eigenvalue weighted by atomic mass is 10.1. The Morgan fingerprint density at radius 1 is 1.05 bits per heavy atom. The average Bonchev–Trinajstić information content (AvgIpc) is 3.17. The summed E-state index contributed by atoms with van der Waals surface area (Å²) in [6.45, 7) is 2.09. The molecule has 1 saturated heterocycles. The maximum Gasteiger partial charge on any atom is 0.154 e. The molecule has 21 heavy (non-hydrogen) atoms. The van der Waals surface area contributed by atoms with E-state index in [1.165, 1.54) is 25.0 Å². The molecule has 1 aliphatic heterocycles. The molecule has 0 spiro atoms. The fourth-order valence-electron chi connectivity index (χ4n) is 2.84. The molecule has 5 heteroatoms. The van der Waals surface area contributed by atoms with Crippen molar-refractivity contribution in [2.24, 2.45) is 0 Å². The topological polar surface area (TPSA) is 33.4 Å². The Hall–Kier alpha value is -2.43. The molecule has 4 rings (SSSR count). The van der Waals surface area contributed by atoms with Gasteiger partial charge < -0.3 is 4.90 Å². The second-order valence-electron chi connectivity index (χ2n) is 5.31. The van der Waals surface area contributed by atoms with Crippen molar-refractivity contribution in [2.75, 3.05) is 18.0 Å². The Balaban J connectivity index is 1.82. The standard InChI is InChI=1S/C16H15FN4/c17-13-5-3-12(4-6-13)14-11-15-16(20-8-1-2-9-20)18-7-10-21(15)19-14/h3-7,10-11H,1-2,8-9H2. The van der Waals surface area contributed by atoms with Crippen LogP contribution in [0.1, 0.15) is 12.8 Å². The normalized spacial score (nSPS) is 15.0. The van der Waals surface area contributed by atoms with Gasteiger partial charge in [0.1, 0.15) is 11.3 Å². The van der Waals surface area contributed by atoms with Crippen LogP contribution in [-0.2, 0) is 0 Å². The van der Waals surface area contributed by atoms with Crippen LogP contribution in [0, 0.1) is 5.82 Å². The summed E-state index contributed by atoms with van der Waals surface area (Å²) in [5.41, 5.74) is 2.75. The van der Waals surface area contributed by atoms with Crippen LogP contribution in [0.4, 0.5) is 10.2 Å². The van der Waals surface area contributed by atoms with E-state index in [-0.39, 0.29) is 5.82 Å². The predicted molar refractivity (Wildman–Crippen MR) is 79.8 cm³/mol. The van der Waals surface area contributed by atoms with Gasteiger partial charge in [-0.3, -0.25) is 0 Å². The Labute approximate surface area is 121 Å². The molecule has 4 nitrogen and oxygen atoms in total. The molecule has 1 fully saturated rings. The summed E-state index contributed by atoms with van der Waals surface area (Å²) in [5.74, 6) is 0.748. The molecule has 0 bridgehead atoms. The number of nitrogens with zero attached hydrogens (tertiary/aromatic N) is 4. The highest BCUT2D eigenvalue weighted by Gasteiger charge is 2.17. The zero-order valence-corrected chi connectivity index (χ0v) is 11.5. The minimum atomic E-state index is -0.234. The van der Waals surface area contributed by atoms with Gasteiger partial charge in [0, 0.05) is 31.0 Å². The second-order valence-corrected chi connectivity index (χ2v) is 5.31. The molecule has 0 unspecified atom stereocenters. The average molecular weight is 282 g/mol. The van der Waals surface area contributed by atoms with E-state index >= 15 is 0 Å². The zero-order valence-electron chi connectivity index (χ0n) is 11.5. The molecule has 0 amide bonds. The molecular formula is C16H15FN4. The van der Waals surface area contributed by atoms with Gasteiger partial charge in [-0.25, -0.2) is 13.9 Å². The summed E-state index contributed by atoms with van der Waals surface area (Å²) in [6.07, 6.45) is 6.05. The van der Waals surface area contributed by atoms with Crippen molar-refractivity contribution in [2.45, 2.75) is 12.8 Å². The lowest BCUT2D eigenvalue weighted by Crippen LogP contribution is -2.19. The summed E-state index contributed by atoms with van der Waals surface area (Å²) in [5, 5.41) is 4.57. The highest BCUT2D eigenvalue weighted by Crippen LogP contribution is 2.27. The third-order valence-electron chi connectivity index (χ3n) is 3.92. The molecule has 3 heterocycles. The maximum atomic E-state index is 13.0.